The number of rotatable bonds is 7. The Balaban J connectivity index is 2.13. The van der Waals surface area contributed by atoms with E-state index in [0.717, 1.165) is 36.3 Å². The summed E-state index contributed by atoms with van der Waals surface area (Å²) in [6.07, 6.45) is 1.04. The lowest BCUT2D eigenvalue weighted by Gasteiger charge is -2.15. The lowest BCUT2D eigenvalue weighted by atomic mass is 10.2. The SMILES string of the molecule is CCCOCC(NCC)c1cc2ccccc2o1. The van der Waals surface area contributed by atoms with Gasteiger partial charge >= 0.3 is 0 Å². The van der Waals surface area contributed by atoms with Crippen LogP contribution in [0.1, 0.15) is 32.1 Å². The smallest absolute Gasteiger partial charge is 0.134 e. The second kappa shape index (κ2) is 6.57. The molecular formula is C15H21NO2. The third kappa shape index (κ3) is 3.12. The molecule has 1 atom stereocenters. The zero-order valence-corrected chi connectivity index (χ0v) is 11.1. The molecule has 1 N–H and O–H groups in total. The molecule has 3 heteroatoms. The van der Waals surface area contributed by atoms with Crippen LogP contribution in [0.4, 0.5) is 0 Å². The highest BCUT2D eigenvalue weighted by Crippen LogP contribution is 2.24. The van der Waals surface area contributed by atoms with E-state index in [9.17, 15) is 0 Å². The average Bonchev–Trinajstić information content (AvgIpc) is 2.81. The molecule has 2 rings (SSSR count). The quantitative estimate of drug-likeness (QED) is 0.760. The maximum Gasteiger partial charge on any atom is 0.134 e. The van der Waals surface area contributed by atoms with Crippen LogP contribution in [0, 0.1) is 0 Å². The summed E-state index contributed by atoms with van der Waals surface area (Å²) in [5.74, 6) is 0.953. The van der Waals surface area contributed by atoms with Gasteiger partial charge in [0.25, 0.3) is 0 Å². The van der Waals surface area contributed by atoms with Gasteiger partial charge in [0.1, 0.15) is 11.3 Å². The molecular weight excluding hydrogens is 226 g/mol. The first kappa shape index (κ1) is 13.1. The van der Waals surface area contributed by atoms with E-state index in [1.807, 2.05) is 18.2 Å². The fraction of sp³-hybridized carbons (Fsp3) is 0.467. The van der Waals surface area contributed by atoms with E-state index in [1.54, 1.807) is 0 Å². The monoisotopic (exact) mass is 247 g/mol. The normalized spacial score (nSPS) is 13.0. The van der Waals surface area contributed by atoms with Crippen LogP contribution in [0.15, 0.2) is 34.7 Å². The van der Waals surface area contributed by atoms with Gasteiger partial charge in [-0.1, -0.05) is 32.0 Å². The zero-order chi connectivity index (χ0) is 12.8. The number of furan rings is 1. The number of fused-ring (bicyclic) bond motifs is 1. The molecule has 3 nitrogen and oxygen atoms in total. The minimum Gasteiger partial charge on any atom is -0.459 e. The molecule has 18 heavy (non-hydrogen) atoms. The maximum atomic E-state index is 5.87. The van der Waals surface area contributed by atoms with Gasteiger partial charge in [-0.05, 0) is 25.1 Å². The van der Waals surface area contributed by atoms with Crippen LogP contribution in [0.5, 0.6) is 0 Å². The van der Waals surface area contributed by atoms with Crippen molar-refractivity contribution >= 4 is 11.0 Å². The number of benzene rings is 1. The molecule has 0 fully saturated rings. The first-order valence-corrected chi connectivity index (χ1v) is 6.64. The highest BCUT2D eigenvalue weighted by molar-refractivity contribution is 5.77. The molecule has 1 aromatic heterocycles. The number of para-hydroxylation sites is 1. The average molecular weight is 247 g/mol. The van der Waals surface area contributed by atoms with Crippen LogP contribution in [0.25, 0.3) is 11.0 Å². The Morgan fingerprint density at radius 3 is 2.83 bits per heavy atom. The van der Waals surface area contributed by atoms with Gasteiger partial charge in [-0.15, -0.1) is 0 Å². The van der Waals surface area contributed by atoms with E-state index < -0.39 is 0 Å². The molecule has 1 aromatic carbocycles. The van der Waals surface area contributed by atoms with E-state index in [2.05, 4.69) is 31.3 Å². The van der Waals surface area contributed by atoms with Crippen LogP contribution in [-0.4, -0.2) is 19.8 Å². The molecule has 1 heterocycles. The molecule has 0 aliphatic carbocycles. The van der Waals surface area contributed by atoms with Gasteiger partial charge in [-0.3, -0.25) is 0 Å². The van der Waals surface area contributed by atoms with E-state index in [4.69, 9.17) is 9.15 Å². The molecule has 0 saturated heterocycles. The van der Waals surface area contributed by atoms with Gasteiger partial charge in [0.05, 0.1) is 12.6 Å². The second-order valence-electron chi connectivity index (χ2n) is 4.37. The topological polar surface area (TPSA) is 34.4 Å². The Bertz CT molecular complexity index is 445. The summed E-state index contributed by atoms with van der Waals surface area (Å²) < 4.78 is 11.5. The predicted octanol–water partition coefficient (Wildman–Crippen LogP) is 3.51. The summed E-state index contributed by atoms with van der Waals surface area (Å²) in [7, 11) is 0. The third-order valence-electron chi connectivity index (χ3n) is 2.87. The molecule has 0 bridgehead atoms. The first-order chi connectivity index (χ1) is 8.85. The van der Waals surface area contributed by atoms with E-state index in [1.165, 1.54) is 0 Å². The van der Waals surface area contributed by atoms with Crippen molar-refractivity contribution < 1.29 is 9.15 Å². The van der Waals surface area contributed by atoms with Crippen LogP contribution in [0.2, 0.25) is 0 Å². The molecule has 0 aliphatic rings. The van der Waals surface area contributed by atoms with Crippen LogP contribution in [0.3, 0.4) is 0 Å². The molecule has 0 spiro atoms. The molecule has 2 aromatic rings. The highest BCUT2D eigenvalue weighted by atomic mass is 16.5. The first-order valence-electron chi connectivity index (χ1n) is 6.64. The number of ether oxygens (including phenoxy) is 1. The largest absolute Gasteiger partial charge is 0.459 e. The molecule has 1 unspecified atom stereocenters. The summed E-state index contributed by atoms with van der Waals surface area (Å²) >= 11 is 0. The van der Waals surface area contributed by atoms with E-state index in [0.29, 0.717) is 6.61 Å². The Kier molecular flexibility index (Phi) is 4.79. The minimum absolute atomic E-state index is 0.133. The van der Waals surface area contributed by atoms with Crippen LogP contribution < -0.4 is 5.32 Å². The van der Waals surface area contributed by atoms with E-state index >= 15 is 0 Å². The summed E-state index contributed by atoms with van der Waals surface area (Å²) in [4.78, 5) is 0. The van der Waals surface area contributed by atoms with Gasteiger partial charge in [0.15, 0.2) is 0 Å². The third-order valence-corrected chi connectivity index (χ3v) is 2.87. The lowest BCUT2D eigenvalue weighted by Crippen LogP contribution is -2.25. The Hall–Kier alpha value is -1.32. The summed E-state index contributed by atoms with van der Waals surface area (Å²) in [5, 5.41) is 4.54. The van der Waals surface area contributed by atoms with Crippen LogP contribution >= 0.6 is 0 Å². The van der Waals surface area contributed by atoms with Gasteiger partial charge in [-0.2, -0.15) is 0 Å². The van der Waals surface area contributed by atoms with Crippen molar-refractivity contribution in [2.24, 2.45) is 0 Å². The molecule has 0 amide bonds. The van der Waals surface area contributed by atoms with Crippen molar-refractivity contribution in [3.63, 3.8) is 0 Å². The highest BCUT2D eigenvalue weighted by Gasteiger charge is 2.15. The Morgan fingerprint density at radius 1 is 1.28 bits per heavy atom. The fourth-order valence-corrected chi connectivity index (χ4v) is 2.01. The number of hydrogen-bond donors (Lipinski definition) is 1. The standard InChI is InChI=1S/C15H21NO2/c1-3-9-17-11-13(16-4-2)15-10-12-7-5-6-8-14(12)18-15/h5-8,10,13,16H,3-4,9,11H2,1-2H3. The zero-order valence-electron chi connectivity index (χ0n) is 11.1. The molecule has 0 radical (unpaired) electrons. The summed E-state index contributed by atoms with van der Waals surface area (Å²) in [6, 6.07) is 10.3. The van der Waals surface area contributed by atoms with Crippen LogP contribution in [-0.2, 0) is 4.74 Å². The lowest BCUT2D eigenvalue weighted by molar-refractivity contribution is 0.106. The number of hydrogen-bond acceptors (Lipinski definition) is 3. The van der Waals surface area contributed by atoms with Crippen molar-refractivity contribution in [2.45, 2.75) is 26.3 Å². The predicted molar refractivity (Wildman–Crippen MR) is 73.7 cm³/mol. The van der Waals surface area contributed by atoms with Crippen molar-refractivity contribution in [1.82, 2.24) is 5.32 Å². The maximum absolute atomic E-state index is 5.87. The van der Waals surface area contributed by atoms with Crippen molar-refractivity contribution in [3.05, 3.63) is 36.1 Å². The van der Waals surface area contributed by atoms with Gasteiger partial charge in [0.2, 0.25) is 0 Å². The Morgan fingerprint density at radius 2 is 2.11 bits per heavy atom. The summed E-state index contributed by atoms with van der Waals surface area (Å²) in [5.41, 5.74) is 0.936. The second-order valence-corrected chi connectivity index (χ2v) is 4.37. The van der Waals surface area contributed by atoms with Gasteiger partial charge in [-0.25, -0.2) is 0 Å². The van der Waals surface area contributed by atoms with Crippen molar-refractivity contribution in [2.75, 3.05) is 19.8 Å². The van der Waals surface area contributed by atoms with Crippen molar-refractivity contribution in [3.8, 4) is 0 Å². The number of likely N-dealkylation sites (N-methyl/N-ethyl adjacent to an activating group) is 1. The molecule has 0 aliphatic heterocycles. The molecule has 0 saturated carbocycles. The van der Waals surface area contributed by atoms with Gasteiger partial charge < -0.3 is 14.5 Å². The fourth-order valence-electron chi connectivity index (χ4n) is 2.01. The van der Waals surface area contributed by atoms with E-state index in [-0.39, 0.29) is 6.04 Å². The van der Waals surface area contributed by atoms with Gasteiger partial charge in [0, 0.05) is 12.0 Å². The number of nitrogens with one attached hydrogen (secondary N) is 1. The Labute approximate surface area is 108 Å². The summed E-state index contributed by atoms with van der Waals surface area (Å²) in [6.45, 7) is 6.56. The van der Waals surface area contributed by atoms with Crippen molar-refractivity contribution in [1.29, 1.82) is 0 Å². The minimum atomic E-state index is 0.133. The molecule has 98 valence electrons.